The van der Waals surface area contributed by atoms with E-state index in [0.29, 0.717) is 24.0 Å². The fraction of sp³-hybridized carbons (Fsp3) is 0.528. The van der Waals surface area contributed by atoms with Gasteiger partial charge >= 0.3 is 24.0 Å². The number of ether oxygens (including phenoxy) is 4. The molecule has 0 aliphatic carbocycles. The molecule has 2 aromatic carbocycles. The lowest BCUT2D eigenvalue weighted by Crippen LogP contribution is -2.46. The molecule has 2 amide bonds. The van der Waals surface area contributed by atoms with E-state index < -0.39 is 59.2 Å². The van der Waals surface area contributed by atoms with Crippen molar-refractivity contribution >= 4 is 35.6 Å². The van der Waals surface area contributed by atoms with Gasteiger partial charge in [0.2, 0.25) is 5.91 Å². The van der Waals surface area contributed by atoms with Crippen LogP contribution in [0.5, 0.6) is 11.5 Å². The number of rotatable bonds is 14. The molecule has 0 saturated carbocycles. The Labute approximate surface area is 287 Å². The number of aryl methyl sites for hydroxylation is 1. The summed E-state index contributed by atoms with van der Waals surface area (Å²) in [6.45, 7) is 15.4. The summed E-state index contributed by atoms with van der Waals surface area (Å²) >= 11 is 0. The number of hydrogen-bond acceptors (Lipinski definition) is 10. The Morgan fingerprint density at radius 3 is 2.04 bits per heavy atom. The lowest BCUT2D eigenvalue weighted by Gasteiger charge is -2.25. The summed E-state index contributed by atoms with van der Waals surface area (Å²) in [6.07, 6.45) is -0.243. The molecule has 0 spiro atoms. The fourth-order valence-corrected chi connectivity index (χ4v) is 4.52. The third kappa shape index (κ3) is 15.3. The van der Waals surface area contributed by atoms with Gasteiger partial charge in [-0.3, -0.25) is 14.9 Å². The number of benzene rings is 2. The van der Waals surface area contributed by atoms with Gasteiger partial charge in [0, 0.05) is 18.2 Å². The highest BCUT2D eigenvalue weighted by molar-refractivity contribution is 5.93. The standard InChI is InChI=1S/C36H50N2O11/c1-34(2,3)47-30(41)21-26(32(44)48-35(4,5)6)38-29(40)18-15-22-12-10-14-27(39)24(22)13-11-19-46-28-20-23(16-17-25(28)31(42)43)37-33(45)49-36(7,8)9/h10,12,14,16-17,20,26,39H,11,13,15,18-19,21H2,1-9H3,(H,37,45)(H,38,40)(H,42,43). The normalized spacial score (nSPS) is 12.3. The van der Waals surface area contributed by atoms with Crippen molar-refractivity contribution < 1.29 is 53.1 Å². The molecule has 0 aliphatic heterocycles. The van der Waals surface area contributed by atoms with Crippen LogP contribution >= 0.6 is 0 Å². The molecule has 270 valence electrons. The van der Waals surface area contributed by atoms with Gasteiger partial charge in [0.15, 0.2) is 0 Å². The number of esters is 2. The van der Waals surface area contributed by atoms with E-state index >= 15 is 0 Å². The minimum absolute atomic E-state index is 0.0178. The molecule has 1 unspecified atom stereocenters. The van der Waals surface area contributed by atoms with E-state index in [9.17, 15) is 34.2 Å². The summed E-state index contributed by atoms with van der Waals surface area (Å²) in [5.41, 5.74) is -0.890. The summed E-state index contributed by atoms with van der Waals surface area (Å²) in [4.78, 5) is 62.3. The second-order valence-corrected chi connectivity index (χ2v) is 14.5. The summed E-state index contributed by atoms with van der Waals surface area (Å²) in [6, 6.07) is 7.82. The Hall–Kier alpha value is -4.81. The van der Waals surface area contributed by atoms with Crippen LogP contribution < -0.4 is 15.4 Å². The van der Waals surface area contributed by atoms with Crippen molar-refractivity contribution in [1.82, 2.24) is 5.32 Å². The highest BCUT2D eigenvalue weighted by Gasteiger charge is 2.31. The number of aromatic carboxylic acids is 1. The number of aromatic hydroxyl groups is 1. The first-order chi connectivity index (χ1) is 22.5. The molecule has 13 nitrogen and oxygen atoms in total. The Bertz CT molecular complexity index is 1500. The molecule has 0 fully saturated rings. The zero-order valence-electron chi connectivity index (χ0n) is 29.9. The van der Waals surface area contributed by atoms with Crippen LogP contribution in [0.2, 0.25) is 0 Å². The van der Waals surface area contributed by atoms with Gasteiger partial charge in [0.1, 0.15) is 39.9 Å². The van der Waals surface area contributed by atoms with Crippen molar-refractivity contribution in [3.63, 3.8) is 0 Å². The Morgan fingerprint density at radius 2 is 1.45 bits per heavy atom. The van der Waals surface area contributed by atoms with E-state index in [1.807, 2.05) is 0 Å². The van der Waals surface area contributed by atoms with Gasteiger partial charge in [-0.2, -0.15) is 0 Å². The molecular formula is C36H50N2O11. The molecule has 0 saturated heterocycles. The van der Waals surface area contributed by atoms with Gasteiger partial charge in [0.05, 0.1) is 13.0 Å². The van der Waals surface area contributed by atoms with Gasteiger partial charge in [-0.05, 0) is 111 Å². The second-order valence-electron chi connectivity index (χ2n) is 14.5. The third-order valence-electron chi connectivity index (χ3n) is 6.37. The fourth-order valence-electron chi connectivity index (χ4n) is 4.52. The monoisotopic (exact) mass is 686 g/mol. The minimum atomic E-state index is -1.25. The molecule has 0 bridgehead atoms. The van der Waals surface area contributed by atoms with E-state index in [4.69, 9.17) is 18.9 Å². The topological polar surface area (TPSA) is 187 Å². The number of carboxylic acids is 1. The van der Waals surface area contributed by atoms with Crippen LogP contribution in [0.15, 0.2) is 36.4 Å². The zero-order valence-corrected chi connectivity index (χ0v) is 29.9. The van der Waals surface area contributed by atoms with E-state index in [1.165, 1.54) is 24.3 Å². The van der Waals surface area contributed by atoms with Crippen LogP contribution in [0.25, 0.3) is 0 Å². The highest BCUT2D eigenvalue weighted by atomic mass is 16.6. The van der Waals surface area contributed by atoms with Crippen molar-refractivity contribution in [1.29, 1.82) is 0 Å². The summed E-state index contributed by atoms with van der Waals surface area (Å²) in [5, 5.41) is 25.4. The number of phenolic OH excluding ortho intramolecular Hbond substituents is 1. The quantitative estimate of drug-likeness (QED) is 0.105. The number of carbonyl (C=O) groups is 5. The van der Waals surface area contributed by atoms with Crippen LogP contribution in [0.4, 0.5) is 10.5 Å². The SMILES string of the molecule is CC(C)(C)OC(=O)CC(NC(=O)CCc1cccc(O)c1CCCOc1cc(NC(=O)OC(C)(C)C)ccc1C(=O)O)C(=O)OC(C)(C)C. The van der Waals surface area contributed by atoms with Crippen molar-refractivity contribution in [2.24, 2.45) is 0 Å². The number of phenols is 1. The number of hydrogen-bond donors (Lipinski definition) is 4. The second kappa shape index (κ2) is 17.0. The largest absolute Gasteiger partial charge is 0.508 e. The molecule has 1 atom stereocenters. The number of nitrogens with one attached hydrogen (secondary N) is 2. The van der Waals surface area contributed by atoms with Crippen LogP contribution in [-0.4, -0.2) is 69.6 Å². The first kappa shape index (κ1) is 40.4. The maximum Gasteiger partial charge on any atom is 0.412 e. The molecule has 13 heteroatoms. The molecule has 0 radical (unpaired) electrons. The molecule has 49 heavy (non-hydrogen) atoms. The summed E-state index contributed by atoms with van der Waals surface area (Å²) in [5.74, 6) is -3.08. The average molecular weight is 687 g/mol. The van der Waals surface area contributed by atoms with Crippen molar-refractivity contribution in [3.05, 3.63) is 53.1 Å². The van der Waals surface area contributed by atoms with E-state index in [0.717, 1.165) is 0 Å². The van der Waals surface area contributed by atoms with Crippen LogP contribution in [0.3, 0.4) is 0 Å². The predicted octanol–water partition coefficient (Wildman–Crippen LogP) is 5.94. The maximum atomic E-state index is 13.0. The maximum absolute atomic E-state index is 13.0. The average Bonchev–Trinajstić information content (AvgIpc) is 2.91. The predicted molar refractivity (Wildman–Crippen MR) is 182 cm³/mol. The molecule has 4 N–H and O–H groups in total. The Balaban J connectivity index is 2.07. The zero-order chi connectivity index (χ0) is 37.2. The van der Waals surface area contributed by atoms with Crippen molar-refractivity contribution in [2.75, 3.05) is 11.9 Å². The first-order valence-electron chi connectivity index (χ1n) is 16.1. The first-order valence-corrected chi connectivity index (χ1v) is 16.1. The Kier molecular flexibility index (Phi) is 14.0. The smallest absolute Gasteiger partial charge is 0.412 e. The molecule has 0 heterocycles. The molecule has 0 aromatic heterocycles. The van der Waals surface area contributed by atoms with E-state index in [2.05, 4.69) is 10.6 Å². The molecule has 0 aliphatic rings. The summed E-state index contributed by atoms with van der Waals surface area (Å²) in [7, 11) is 0. The van der Waals surface area contributed by atoms with Gasteiger partial charge < -0.3 is 34.5 Å². The van der Waals surface area contributed by atoms with Gasteiger partial charge in [0.25, 0.3) is 0 Å². The number of carbonyl (C=O) groups excluding carboxylic acids is 4. The Morgan fingerprint density at radius 1 is 0.816 bits per heavy atom. The lowest BCUT2D eigenvalue weighted by atomic mass is 9.98. The van der Waals surface area contributed by atoms with Crippen molar-refractivity contribution in [3.8, 4) is 11.5 Å². The highest BCUT2D eigenvalue weighted by Crippen LogP contribution is 2.27. The van der Waals surface area contributed by atoms with E-state index in [-0.39, 0.29) is 42.2 Å². The number of carboxylic acid groups (broad SMARTS) is 1. The van der Waals surface area contributed by atoms with Crippen LogP contribution in [-0.2, 0) is 41.4 Å². The summed E-state index contributed by atoms with van der Waals surface area (Å²) < 4.78 is 21.8. The molecule has 2 aromatic rings. The third-order valence-corrected chi connectivity index (χ3v) is 6.37. The van der Waals surface area contributed by atoms with Gasteiger partial charge in [-0.1, -0.05) is 12.1 Å². The molecular weight excluding hydrogens is 636 g/mol. The minimum Gasteiger partial charge on any atom is -0.508 e. The van der Waals surface area contributed by atoms with Gasteiger partial charge in [-0.25, -0.2) is 14.4 Å². The molecule has 2 rings (SSSR count). The van der Waals surface area contributed by atoms with Gasteiger partial charge in [-0.15, -0.1) is 0 Å². The lowest BCUT2D eigenvalue weighted by molar-refractivity contribution is -0.165. The van der Waals surface area contributed by atoms with Crippen LogP contribution in [0.1, 0.15) is 103 Å². The number of amides is 2. The van der Waals surface area contributed by atoms with E-state index in [1.54, 1.807) is 74.4 Å². The number of anilines is 1. The van der Waals surface area contributed by atoms with Crippen molar-refractivity contribution in [2.45, 2.75) is 117 Å². The van der Waals surface area contributed by atoms with Crippen LogP contribution in [0, 0.1) is 0 Å².